The number of hydrogen-bond acceptors (Lipinski definition) is 7. The molecule has 7 heteroatoms. The smallest absolute Gasteiger partial charge is 0.151 e. The monoisotopic (exact) mass is 405 g/mol. The first-order chi connectivity index (χ1) is 14.2. The maximum absolute atomic E-state index is 6.04. The Balaban J connectivity index is 1.16. The lowest BCUT2D eigenvalue weighted by atomic mass is 10.1. The van der Waals surface area contributed by atoms with Crippen molar-refractivity contribution >= 4 is 21.6 Å². The fraction of sp³-hybridized carbons (Fsp3) is 0.227. The molecule has 1 saturated heterocycles. The van der Waals surface area contributed by atoms with Crippen LogP contribution in [0.3, 0.4) is 0 Å². The number of hydrogen-bond donors (Lipinski definition) is 0. The summed E-state index contributed by atoms with van der Waals surface area (Å²) < 4.78 is 6.71. The zero-order valence-corrected chi connectivity index (χ0v) is 16.9. The number of benzene rings is 2. The molecule has 0 amide bonds. The zero-order chi connectivity index (χ0) is 19.6. The van der Waals surface area contributed by atoms with Crippen LogP contribution < -0.4 is 4.84 Å². The van der Waals surface area contributed by atoms with E-state index in [0.717, 1.165) is 46.4 Å². The fourth-order valence-corrected chi connectivity index (χ4v) is 4.22. The van der Waals surface area contributed by atoms with Crippen molar-refractivity contribution in [2.24, 2.45) is 0 Å². The van der Waals surface area contributed by atoms with Crippen LogP contribution in [-0.2, 0) is 6.54 Å². The molecule has 0 unspecified atom stereocenters. The average Bonchev–Trinajstić information content (AvgIpc) is 3.35. The third-order valence-electron chi connectivity index (χ3n) is 4.87. The van der Waals surface area contributed by atoms with Crippen LogP contribution in [0, 0.1) is 13.5 Å². The highest BCUT2D eigenvalue weighted by atomic mass is 32.1. The van der Waals surface area contributed by atoms with Gasteiger partial charge in [0.25, 0.3) is 0 Å². The van der Waals surface area contributed by atoms with Crippen LogP contribution in [0.1, 0.15) is 10.8 Å². The number of hydroxylamine groups is 2. The lowest BCUT2D eigenvalue weighted by Crippen LogP contribution is -2.44. The maximum atomic E-state index is 6.04. The van der Waals surface area contributed by atoms with Gasteiger partial charge in [0.15, 0.2) is 5.76 Å². The first-order valence-corrected chi connectivity index (χ1v) is 10.4. The minimum atomic E-state index is 0.706. The largest absolute Gasteiger partial charge is 0.406 e. The van der Waals surface area contributed by atoms with Gasteiger partial charge in [-0.1, -0.05) is 35.5 Å². The van der Waals surface area contributed by atoms with E-state index in [0.29, 0.717) is 13.1 Å². The minimum Gasteiger partial charge on any atom is -0.406 e. The van der Waals surface area contributed by atoms with Crippen LogP contribution in [0.25, 0.3) is 21.5 Å². The summed E-state index contributed by atoms with van der Waals surface area (Å²) in [5.41, 5.74) is 2.93. The SMILES string of the molecule is Cc1nc2cc(ON3C[CH]N(Cc4cc(-c5ccccc5)no4)CC3)ccc2s1. The molecule has 1 fully saturated rings. The molecule has 147 valence electrons. The van der Waals surface area contributed by atoms with E-state index >= 15 is 0 Å². The van der Waals surface area contributed by atoms with Gasteiger partial charge >= 0.3 is 0 Å². The van der Waals surface area contributed by atoms with Crippen LogP contribution in [0.4, 0.5) is 0 Å². The Morgan fingerprint density at radius 1 is 1.10 bits per heavy atom. The van der Waals surface area contributed by atoms with Crippen LogP contribution in [0.5, 0.6) is 5.75 Å². The molecule has 2 aromatic carbocycles. The Morgan fingerprint density at radius 2 is 2.00 bits per heavy atom. The van der Waals surface area contributed by atoms with E-state index in [1.165, 1.54) is 4.70 Å². The molecule has 3 heterocycles. The van der Waals surface area contributed by atoms with Crippen LogP contribution in [0.15, 0.2) is 59.1 Å². The van der Waals surface area contributed by atoms with Crippen molar-refractivity contribution in [3.8, 4) is 17.0 Å². The highest BCUT2D eigenvalue weighted by Gasteiger charge is 2.20. The van der Waals surface area contributed by atoms with Crippen molar-refractivity contribution in [1.82, 2.24) is 20.1 Å². The average molecular weight is 406 g/mol. The lowest BCUT2D eigenvalue weighted by Gasteiger charge is -2.32. The summed E-state index contributed by atoms with van der Waals surface area (Å²) in [5, 5.41) is 7.23. The first-order valence-electron chi connectivity index (χ1n) is 9.61. The predicted molar refractivity (Wildman–Crippen MR) is 113 cm³/mol. The summed E-state index contributed by atoms with van der Waals surface area (Å²) in [7, 11) is 0. The summed E-state index contributed by atoms with van der Waals surface area (Å²) in [5.74, 6) is 1.69. The van der Waals surface area contributed by atoms with Gasteiger partial charge in [-0.25, -0.2) is 4.98 Å². The second-order valence-corrected chi connectivity index (χ2v) is 8.27. The third kappa shape index (κ3) is 4.17. The summed E-state index contributed by atoms with van der Waals surface area (Å²) in [6, 6.07) is 18.2. The van der Waals surface area contributed by atoms with Gasteiger partial charge < -0.3 is 9.36 Å². The summed E-state index contributed by atoms with van der Waals surface area (Å²) >= 11 is 1.70. The predicted octanol–water partition coefficient (Wildman–Crippen LogP) is 4.53. The Morgan fingerprint density at radius 3 is 2.83 bits per heavy atom. The molecule has 1 radical (unpaired) electrons. The van der Waals surface area contributed by atoms with Gasteiger partial charge in [-0.15, -0.1) is 16.4 Å². The normalized spacial score (nSPS) is 15.8. The molecular weight excluding hydrogens is 384 g/mol. The molecule has 29 heavy (non-hydrogen) atoms. The van der Waals surface area contributed by atoms with Gasteiger partial charge in [-0.3, -0.25) is 4.90 Å². The zero-order valence-electron chi connectivity index (χ0n) is 16.1. The highest BCUT2D eigenvalue weighted by molar-refractivity contribution is 7.18. The van der Waals surface area contributed by atoms with Crippen molar-refractivity contribution in [1.29, 1.82) is 0 Å². The Bertz CT molecular complexity index is 1100. The van der Waals surface area contributed by atoms with E-state index in [9.17, 15) is 0 Å². The van der Waals surface area contributed by atoms with Gasteiger partial charge in [0.05, 0.1) is 28.3 Å². The number of aryl methyl sites for hydroxylation is 1. The Labute approximate surface area is 173 Å². The van der Waals surface area contributed by atoms with E-state index in [-0.39, 0.29) is 0 Å². The number of piperazine rings is 1. The maximum Gasteiger partial charge on any atom is 0.151 e. The molecular formula is C22H21N4O2S. The number of rotatable bonds is 5. The Kier molecular flexibility index (Phi) is 5.01. The van der Waals surface area contributed by atoms with Crippen molar-refractivity contribution in [3.05, 3.63) is 71.9 Å². The number of fused-ring (bicyclic) bond motifs is 1. The topological polar surface area (TPSA) is 54.6 Å². The molecule has 5 rings (SSSR count). The van der Waals surface area contributed by atoms with E-state index in [1.54, 1.807) is 11.3 Å². The van der Waals surface area contributed by atoms with E-state index in [1.807, 2.05) is 60.5 Å². The number of nitrogens with zero attached hydrogens (tertiary/aromatic N) is 4. The molecule has 4 aromatic rings. The van der Waals surface area contributed by atoms with Crippen LogP contribution >= 0.6 is 11.3 Å². The van der Waals surface area contributed by atoms with E-state index in [2.05, 4.69) is 27.7 Å². The second kappa shape index (κ2) is 7.94. The van der Waals surface area contributed by atoms with Crippen LogP contribution in [0.2, 0.25) is 0 Å². The van der Waals surface area contributed by atoms with E-state index in [4.69, 9.17) is 9.36 Å². The van der Waals surface area contributed by atoms with Crippen molar-refractivity contribution in [2.75, 3.05) is 19.6 Å². The fourth-order valence-electron chi connectivity index (χ4n) is 3.42. The standard InChI is InChI=1S/C22H21N4O2S/c1-16-23-21-13-18(7-8-22(21)29-16)28-26-11-9-25(10-12-26)15-19-14-20(24-27-19)17-5-3-2-4-6-17/h2-9,13-14H,10-12,15H2,1H3. The Hall–Kier alpha value is -2.74. The minimum absolute atomic E-state index is 0.706. The molecule has 0 atom stereocenters. The van der Waals surface area contributed by atoms with Gasteiger partial charge in [0.2, 0.25) is 0 Å². The van der Waals surface area contributed by atoms with Crippen LogP contribution in [-0.4, -0.2) is 39.7 Å². The highest BCUT2D eigenvalue weighted by Crippen LogP contribution is 2.26. The van der Waals surface area contributed by atoms with Gasteiger partial charge in [-0.2, -0.15) is 0 Å². The molecule has 6 nitrogen and oxygen atoms in total. The van der Waals surface area contributed by atoms with Crippen molar-refractivity contribution in [3.63, 3.8) is 0 Å². The lowest BCUT2D eigenvalue weighted by molar-refractivity contribution is -0.0777. The molecule has 2 aromatic heterocycles. The third-order valence-corrected chi connectivity index (χ3v) is 5.82. The summed E-state index contributed by atoms with van der Waals surface area (Å²) in [4.78, 5) is 12.8. The molecule has 0 spiro atoms. The summed E-state index contributed by atoms with van der Waals surface area (Å²) in [6.07, 6.45) is 0. The first kappa shape index (κ1) is 18.3. The molecule has 0 N–H and O–H groups in total. The van der Waals surface area contributed by atoms with Crippen molar-refractivity contribution < 1.29 is 9.36 Å². The molecule has 1 aliphatic rings. The van der Waals surface area contributed by atoms with E-state index < -0.39 is 0 Å². The molecule has 0 bridgehead atoms. The second-order valence-electron chi connectivity index (χ2n) is 7.04. The van der Waals surface area contributed by atoms with Gasteiger partial charge in [-0.05, 0) is 19.1 Å². The van der Waals surface area contributed by atoms with Crippen molar-refractivity contribution in [2.45, 2.75) is 13.5 Å². The quantitative estimate of drug-likeness (QED) is 0.486. The molecule has 1 aliphatic heterocycles. The number of aromatic nitrogens is 2. The van der Waals surface area contributed by atoms with Gasteiger partial charge in [0, 0.05) is 37.3 Å². The molecule has 0 saturated carbocycles. The molecule has 0 aliphatic carbocycles. The number of thiazole rings is 1. The summed E-state index contributed by atoms with van der Waals surface area (Å²) in [6.45, 7) is 7.26. The van der Waals surface area contributed by atoms with Gasteiger partial charge in [0.1, 0.15) is 11.4 Å².